The molecular weight excluding hydrogens is 398 g/mol. The molecule has 0 saturated heterocycles. The molecule has 0 unspecified atom stereocenters. The Bertz CT molecular complexity index is 731. The van der Waals surface area contributed by atoms with Gasteiger partial charge in [0, 0.05) is 5.69 Å². The quantitative estimate of drug-likeness (QED) is 0.167. The van der Waals surface area contributed by atoms with Crippen LogP contribution >= 0.6 is 0 Å². The van der Waals surface area contributed by atoms with Crippen LogP contribution in [0.5, 0.6) is 0 Å². The van der Waals surface area contributed by atoms with Crippen molar-refractivity contribution in [3.05, 3.63) is 64.7 Å². The third-order valence-corrected chi connectivity index (χ3v) is 7.09. The van der Waals surface area contributed by atoms with Crippen molar-refractivity contribution in [3.63, 3.8) is 0 Å². The molecule has 2 rings (SSSR count). The first kappa shape index (κ1) is 27.5. The summed E-state index contributed by atoms with van der Waals surface area (Å²) in [6, 6.07) is 15.3. The first-order valence-electron chi connectivity index (χ1n) is 14.1. The third-order valence-electron chi connectivity index (χ3n) is 7.09. The minimum absolute atomic E-state index is 0.837. The second kappa shape index (κ2) is 17.7. The lowest BCUT2D eigenvalue weighted by Crippen LogP contribution is -1.95. The lowest BCUT2D eigenvalue weighted by molar-refractivity contribution is 0.529. The molecule has 0 fully saturated rings. The number of rotatable bonds is 19. The van der Waals surface area contributed by atoms with Crippen molar-refractivity contribution >= 4 is 5.69 Å². The van der Waals surface area contributed by atoms with Gasteiger partial charge < -0.3 is 5.73 Å². The Kier molecular flexibility index (Phi) is 14.7. The minimum Gasteiger partial charge on any atom is -0.399 e. The van der Waals surface area contributed by atoms with E-state index in [0.717, 1.165) is 12.1 Å². The number of hydrogen-bond acceptors (Lipinski definition) is 1. The van der Waals surface area contributed by atoms with Crippen molar-refractivity contribution in [3.8, 4) is 0 Å². The van der Waals surface area contributed by atoms with Crippen LogP contribution in [0.4, 0.5) is 5.69 Å². The van der Waals surface area contributed by atoms with E-state index in [4.69, 9.17) is 5.73 Å². The number of benzene rings is 2. The van der Waals surface area contributed by atoms with Crippen molar-refractivity contribution in [1.29, 1.82) is 0 Å². The Balaban J connectivity index is 1.44. The molecule has 1 nitrogen and oxygen atoms in total. The summed E-state index contributed by atoms with van der Waals surface area (Å²) in [6.45, 7) is 4.57. The Hall–Kier alpha value is -1.76. The van der Waals surface area contributed by atoms with E-state index in [2.05, 4.69) is 44.2 Å². The SMILES string of the molecule is CCCCCCCCCCCCCCCCCCc1ccc(Cc2ccc(N)cc2)cc1C. The first-order chi connectivity index (χ1) is 16.2. The maximum Gasteiger partial charge on any atom is 0.0314 e. The van der Waals surface area contributed by atoms with Crippen molar-refractivity contribution in [1.82, 2.24) is 0 Å². The van der Waals surface area contributed by atoms with E-state index in [1.807, 2.05) is 12.1 Å². The monoisotopic (exact) mass is 449 g/mol. The average molecular weight is 450 g/mol. The largest absolute Gasteiger partial charge is 0.399 e. The maximum absolute atomic E-state index is 5.80. The lowest BCUT2D eigenvalue weighted by Gasteiger charge is -2.09. The van der Waals surface area contributed by atoms with Crippen LogP contribution in [0.25, 0.3) is 0 Å². The highest BCUT2D eigenvalue weighted by molar-refractivity contribution is 5.41. The van der Waals surface area contributed by atoms with E-state index in [0.29, 0.717) is 0 Å². The molecule has 0 saturated carbocycles. The number of nitrogens with two attached hydrogens (primary N) is 1. The molecule has 0 amide bonds. The molecule has 2 aromatic rings. The molecular formula is C32H51N. The zero-order valence-corrected chi connectivity index (χ0v) is 21.8. The van der Waals surface area contributed by atoms with Crippen LogP contribution in [0.3, 0.4) is 0 Å². The van der Waals surface area contributed by atoms with Crippen molar-refractivity contribution in [2.75, 3.05) is 5.73 Å². The van der Waals surface area contributed by atoms with Crippen LogP contribution in [0.15, 0.2) is 42.5 Å². The van der Waals surface area contributed by atoms with Gasteiger partial charge in [0.15, 0.2) is 0 Å². The topological polar surface area (TPSA) is 26.0 Å². The van der Waals surface area contributed by atoms with E-state index >= 15 is 0 Å². The summed E-state index contributed by atoms with van der Waals surface area (Å²) in [5.41, 5.74) is 12.3. The van der Waals surface area contributed by atoms with Gasteiger partial charge in [-0.1, -0.05) is 134 Å². The molecule has 0 atom stereocenters. The highest BCUT2D eigenvalue weighted by Crippen LogP contribution is 2.19. The zero-order chi connectivity index (χ0) is 23.6. The molecule has 0 heterocycles. The van der Waals surface area contributed by atoms with Crippen LogP contribution in [0.2, 0.25) is 0 Å². The number of unbranched alkanes of at least 4 members (excludes halogenated alkanes) is 15. The first-order valence-corrected chi connectivity index (χ1v) is 14.1. The Labute approximate surface area is 205 Å². The standard InChI is InChI=1S/C32H51N/c1-3-4-5-6-7-8-9-10-11-12-13-14-15-16-17-18-19-31-23-20-30(26-28(31)2)27-29-21-24-32(33)25-22-29/h20-26H,3-19,27,33H2,1-2H3. The van der Waals surface area contributed by atoms with Crippen LogP contribution in [0, 0.1) is 6.92 Å². The molecule has 0 aliphatic rings. The molecule has 0 aliphatic carbocycles. The second-order valence-electron chi connectivity index (χ2n) is 10.2. The molecule has 0 radical (unpaired) electrons. The van der Waals surface area contributed by atoms with Gasteiger partial charge in [0.25, 0.3) is 0 Å². The van der Waals surface area contributed by atoms with E-state index in [9.17, 15) is 0 Å². The van der Waals surface area contributed by atoms with Crippen LogP contribution in [-0.2, 0) is 12.8 Å². The summed E-state index contributed by atoms with van der Waals surface area (Å²) in [5, 5.41) is 0. The van der Waals surface area contributed by atoms with Gasteiger partial charge in [0.05, 0.1) is 0 Å². The van der Waals surface area contributed by atoms with Gasteiger partial charge in [-0.3, -0.25) is 0 Å². The summed E-state index contributed by atoms with van der Waals surface area (Å²) in [6.07, 6.45) is 25.1. The average Bonchev–Trinajstić information content (AvgIpc) is 2.81. The van der Waals surface area contributed by atoms with Crippen molar-refractivity contribution in [2.45, 2.75) is 129 Å². The molecule has 33 heavy (non-hydrogen) atoms. The molecule has 0 aromatic heterocycles. The smallest absolute Gasteiger partial charge is 0.0314 e. The highest BCUT2D eigenvalue weighted by Gasteiger charge is 2.03. The van der Waals surface area contributed by atoms with Crippen LogP contribution in [-0.4, -0.2) is 0 Å². The maximum atomic E-state index is 5.80. The number of anilines is 1. The summed E-state index contributed by atoms with van der Waals surface area (Å²) in [7, 11) is 0. The molecule has 0 spiro atoms. The van der Waals surface area contributed by atoms with E-state index in [1.54, 1.807) is 0 Å². The fourth-order valence-corrected chi connectivity index (χ4v) is 4.88. The van der Waals surface area contributed by atoms with E-state index < -0.39 is 0 Å². The summed E-state index contributed by atoms with van der Waals surface area (Å²) >= 11 is 0. The van der Waals surface area contributed by atoms with Gasteiger partial charge in [-0.15, -0.1) is 0 Å². The fraction of sp³-hybridized carbons (Fsp3) is 0.625. The van der Waals surface area contributed by atoms with Gasteiger partial charge in [-0.2, -0.15) is 0 Å². The third kappa shape index (κ3) is 12.9. The predicted molar refractivity (Wildman–Crippen MR) is 148 cm³/mol. The second-order valence-corrected chi connectivity index (χ2v) is 10.2. The molecule has 1 heteroatoms. The molecule has 2 N–H and O–H groups in total. The minimum atomic E-state index is 0.837. The number of aryl methyl sites for hydroxylation is 2. The summed E-state index contributed by atoms with van der Waals surface area (Å²) < 4.78 is 0. The predicted octanol–water partition coefficient (Wildman–Crippen LogP) is 9.97. The molecule has 2 aromatic carbocycles. The summed E-state index contributed by atoms with van der Waals surface area (Å²) in [4.78, 5) is 0. The van der Waals surface area contributed by atoms with Gasteiger partial charge in [0.1, 0.15) is 0 Å². The van der Waals surface area contributed by atoms with Crippen molar-refractivity contribution in [2.24, 2.45) is 0 Å². The molecule has 184 valence electrons. The Morgan fingerprint density at radius 1 is 0.545 bits per heavy atom. The summed E-state index contributed by atoms with van der Waals surface area (Å²) in [5.74, 6) is 0. The van der Waals surface area contributed by atoms with Crippen molar-refractivity contribution < 1.29 is 0 Å². The lowest BCUT2D eigenvalue weighted by atomic mass is 9.96. The normalized spacial score (nSPS) is 11.2. The van der Waals surface area contributed by atoms with E-state index in [-0.39, 0.29) is 0 Å². The van der Waals surface area contributed by atoms with Crippen LogP contribution < -0.4 is 5.73 Å². The highest BCUT2D eigenvalue weighted by atomic mass is 14.5. The van der Waals surface area contributed by atoms with Gasteiger partial charge in [0.2, 0.25) is 0 Å². The van der Waals surface area contributed by atoms with Gasteiger partial charge in [-0.05, 0) is 60.6 Å². The Morgan fingerprint density at radius 2 is 1.00 bits per heavy atom. The van der Waals surface area contributed by atoms with E-state index in [1.165, 1.54) is 131 Å². The zero-order valence-electron chi connectivity index (χ0n) is 21.8. The fourth-order valence-electron chi connectivity index (χ4n) is 4.88. The number of hydrogen-bond donors (Lipinski definition) is 1. The number of nitrogen functional groups attached to an aromatic ring is 1. The van der Waals surface area contributed by atoms with Gasteiger partial charge >= 0.3 is 0 Å². The molecule has 0 bridgehead atoms. The Morgan fingerprint density at radius 3 is 1.48 bits per heavy atom. The molecule has 0 aliphatic heterocycles. The van der Waals surface area contributed by atoms with Gasteiger partial charge in [-0.25, -0.2) is 0 Å². The van der Waals surface area contributed by atoms with Crippen LogP contribution in [0.1, 0.15) is 132 Å².